The van der Waals surface area contributed by atoms with Crippen LogP contribution in [0.3, 0.4) is 0 Å². The van der Waals surface area contributed by atoms with Crippen LogP contribution in [0.4, 0.5) is 5.69 Å². The maximum Gasteiger partial charge on any atom is 0.241 e. The van der Waals surface area contributed by atoms with Crippen molar-refractivity contribution in [3.05, 3.63) is 58.1 Å². The fraction of sp³-hybridized carbons (Fsp3) is 0.133. The van der Waals surface area contributed by atoms with Crippen molar-refractivity contribution in [2.75, 3.05) is 5.32 Å². The second-order valence-electron chi connectivity index (χ2n) is 4.56. The van der Waals surface area contributed by atoms with E-state index in [-0.39, 0.29) is 11.7 Å². The van der Waals surface area contributed by atoms with Crippen molar-refractivity contribution in [2.24, 2.45) is 5.73 Å². The summed E-state index contributed by atoms with van der Waals surface area (Å²) in [6.45, 7) is 0. The highest BCUT2D eigenvalue weighted by molar-refractivity contribution is 6.39. The number of hydrogen-bond acceptors (Lipinski definition) is 3. The van der Waals surface area contributed by atoms with Crippen molar-refractivity contribution < 1.29 is 9.90 Å². The molecule has 4 N–H and O–H groups in total. The van der Waals surface area contributed by atoms with Crippen LogP contribution in [0.2, 0.25) is 10.0 Å². The van der Waals surface area contributed by atoms with Gasteiger partial charge < -0.3 is 16.2 Å². The van der Waals surface area contributed by atoms with Gasteiger partial charge in [0.05, 0.1) is 21.8 Å². The molecule has 21 heavy (non-hydrogen) atoms. The zero-order valence-corrected chi connectivity index (χ0v) is 12.5. The van der Waals surface area contributed by atoms with Crippen molar-refractivity contribution in [3.63, 3.8) is 0 Å². The summed E-state index contributed by atoms with van der Waals surface area (Å²) in [5.41, 5.74) is 7.08. The smallest absolute Gasteiger partial charge is 0.241 e. The molecular formula is C15H14Cl2N2O2. The van der Waals surface area contributed by atoms with E-state index >= 15 is 0 Å². The third-order valence-electron chi connectivity index (χ3n) is 2.94. The summed E-state index contributed by atoms with van der Waals surface area (Å²) >= 11 is 12.0. The number of halogens is 2. The van der Waals surface area contributed by atoms with Gasteiger partial charge in [-0.25, -0.2) is 0 Å². The van der Waals surface area contributed by atoms with Crippen molar-refractivity contribution in [2.45, 2.75) is 12.5 Å². The van der Waals surface area contributed by atoms with Crippen molar-refractivity contribution in [3.8, 4) is 5.75 Å². The number of phenols is 1. The molecule has 110 valence electrons. The third kappa shape index (κ3) is 4.11. The first-order chi connectivity index (χ1) is 9.97. The van der Waals surface area contributed by atoms with E-state index < -0.39 is 6.04 Å². The Morgan fingerprint density at radius 1 is 1.14 bits per heavy atom. The van der Waals surface area contributed by atoms with Gasteiger partial charge in [0.25, 0.3) is 0 Å². The standard InChI is InChI=1S/C15H14Cl2N2O2/c16-11-2-1-3-12(17)14(11)19-15(21)13(18)8-9-4-6-10(20)7-5-9/h1-7,13,20H,8,18H2,(H,19,21). The predicted molar refractivity (Wildman–Crippen MR) is 84.9 cm³/mol. The van der Waals surface area contributed by atoms with Crippen LogP contribution in [0.25, 0.3) is 0 Å². The summed E-state index contributed by atoms with van der Waals surface area (Å²) in [7, 11) is 0. The minimum absolute atomic E-state index is 0.166. The molecule has 0 aliphatic rings. The molecule has 0 heterocycles. The van der Waals surface area contributed by atoms with Gasteiger partial charge in [0.1, 0.15) is 5.75 Å². The lowest BCUT2D eigenvalue weighted by Gasteiger charge is -2.14. The van der Waals surface area contributed by atoms with Crippen LogP contribution in [0.1, 0.15) is 5.56 Å². The van der Waals surface area contributed by atoms with Gasteiger partial charge >= 0.3 is 0 Å². The minimum atomic E-state index is -0.748. The minimum Gasteiger partial charge on any atom is -0.508 e. The van der Waals surface area contributed by atoms with Crippen LogP contribution in [-0.2, 0) is 11.2 Å². The molecule has 2 aromatic rings. The van der Waals surface area contributed by atoms with Crippen molar-refractivity contribution in [1.82, 2.24) is 0 Å². The average Bonchev–Trinajstić information content (AvgIpc) is 2.45. The number of benzene rings is 2. The van der Waals surface area contributed by atoms with E-state index in [1.54, 1.807) is 42.5 Å². The van der Waals surface area contributed by atoms with E-state index in [4.69, 9.17) is 28.9 Å². The number of aromatic hydroxyl groups is 1. The summed E-state index contributed by atoms with van der Waals surface area (Å²) in [4.78, 5) is 12.1. The maximum atomic E-state index is 12.1. The van der Waals surface area contributed by atoms with Gasteiger partial charge in [-0.15, -0.1) is 0 Å². The number of phenolic OH excluding ortho intramolecular Hbond substituents is 1. The molecule has 0 spiro atoms. The van der Waals surface area contributed by atoms with E-state index in [2.05, 4.69) is 5.32 Å². The Morgan fingerprint density at radius 3 is 2.29 bits per heavy atom. The zero-order chi connectivity index (χ0) is 15.4. The lowest BCUT2D eigenvalue weighted by molar-refractivity contribution is -0.117. The molecule has 2 rings (SSSR count). The number of carbonyl (C=O) groups excluding carboxylic acids is 1. The Labute approximate surface area is 132 Å². The molecule has 2 aromatic carbocycles. The largest absolute Gasteiger partial charge is 0.508 e. The number of anilines is 1. The van der Waals surface area contributed by atoms with Gasteiger partial charge in [-0.3, -0.25) is 4.79 Å². The Morgan fingerprint density at radius 2 is 1.71 bits per heavy atom. The van der Waals surface area contributed by atoms with Crippen LogP contribution in [0.5, 0.6) is 5.75 Å². The summed E-state index contributed by atoms with van der Waals surface area (Å²) in [5, 5.41) is 12.6. The summed E-state index contributed by atoms with van der Waals surface area (Å²) in [6, 6.07) is 10.7. The Hall–Kier alpha value is -1.75. The van der Waals surface area contributed by atoms with Crippen LogP contribution in [0, 0.1) is 0 Å². The van der Waals surface area contributed by atoms with Gasteiger partial charge in [0.2, 0.25) is 5.91 Å². The van der Waals surface area contributed by atoms with E-state index in [1.807, 2.05) is 0 Å². The highest BCUT2D eigenvalue weighted by Crippen LogP contribution is 2.29. The van der Waals surface area contributed by atoms with Crippen LogP contribution < -0.4 is 11.1 Å². The second-order valence-corrected chi connectivity index (χ2v) is 5.38. The van der Waals surface area contributed by atoms with Crippen LogP contribution >= 0.6 is 23.2 Å². The summed E-state index contributed by atoms with van der Waals surface area (Å²) in [6.07, 6.45) is 0.341. The first-order valence-corrected chi connectivity index (χ1v) is 7.01. The van der Waals surface area contributed by atoms with Crippen LogP contribution in [0.15, 0.2) is 42.5 Å². The molecule has 0 aromatic heterocycles. The first kappa shape index (κ1) is 15.6. The highest BCUT2D eigenvalue weighted by Gasteiger charge is 2.17. The monoisotopic (exact) mass is 324 g/mol. The fourth-order valence-corrected chi connectivity index (χ4v) is 2.30. The third-order valence-corrected chi connectivity index (χ3v) is 3.57. The number of carbonyl (C=O) groups is 1. The van der Waals surface area contributed by atoms with Gasteiger partial charge in [-0.05, 0) is 36.2 Å². The number of nitrogens with one attached hydrogen (secondary N) is 1. The molecule has 1 atom stereocenters. The Bertz CT molecular complexity index is 624. The number of para-hydroxylation sites is 1. The number of rotatable bonds is 4. The van der Waals surface area contributed by atoms with Crippen molar-refractivity contribution >= 4 is 34.8 Å². The molecule has 4 nitrogen and oxygen atoms in total. The van der Waals surface area contributed by atoms with E-state index in [0.717, 1.165) is 5.56 Å². The lowest BCUT2D eigenvalue weighted by Crippen LogP contribution is -2.37. The van der Waals surface area contributed by atoms with E-state index in [0.29, 0.717) is 22.2 Å². The number of hydrogen-bond donors (Lipinski definition) is 3. The van der Waals surface area contributed by atoms with E-state index in [9.17, 15) is 9.90 Å². The van der Waals surface area contributed by atoms with Gasteiger partial charge in [-0.1, -0.05) is 41.4 Å². The number of nitrogens with two attached hydrogens (primary N) is 1. The molecular weight excluding hydrogens is 311 g/mol. The van der Waals surface area contributed by atoms with Crippen molar-refractivity contribution in [1.29, 1.82) is 0 Å². The Balaban J connectivity index is 2.04. The molecule has 1 unspecified atom stereocenters. The van der Waals surface area contributed by atoms with Gasteiger partial charge in [-0.2, -0.15) is 0 Å². The van der Waals surface area contributed by atoms with Gasteiger partial charge in [0.15, 0.2) is 0 Å². The predicted octanol–water partition coefficient (Wildman–Crippen LogP) is 3.21. The quantitative estimate of drug-likeness (QED) is 0.808. The first-order valence-electron chi connectivity index (χ1n) is 6.25. The molecule has 0 saturated heterocycles. The zero-order valence-electron chi connectivity index (χ0n) is 11.0. The highest BCUT2D eigenvalue weighted by atomic mass is 35.5. The van der Waals surface area contributed by atoms with Gasteiger partial charge in [0, 0.05) is 0 Å². The normalized spacial score (nSPS) is 12.0. The average molecular weight is 325 g/mol. The topological polar surface area (TPSA) is 75.3 Å². The maximum absolute atomic E-state index is 12.1. The molecule has 0 bridgehead atoms. The summed E-state index contributed by atoms with van der Waals surface area (Å²) in [5.74, 6) is -0.210. The SMILES string of the molecule is NC(Cc1ccc(O)cc1)C(=O)Nc1c(Cl)cccc1Cl. The lowest BCUT2D eigenvalue weighted by atomic mass is 10.1. The number of amides is 1. The molecule has 6 heteroatoms. The Kier molecular flexibility index (Phi) is 5.07. The van der Waals surface area contributed by atoms with Crippen LogP contribution in [-0.4, -0.2) is 17.1 Å². The molecule has 1 amide bonds. The molecule has 0 aliphatic heterocycles. The molecule has 0 radical (unpaired) electrons. The van der Waals surface area contributed by atoms with E-state index in [1.165, 1.54) is 0 Å². The molecule has 0 saturated carbocycles. The second kappa shape index (κ2) is 6.80. The molecule has 0 aliphatic carbocycles. The summed E-state index contributed by atoms with van der Waals surface area (Å²) < 4.78 is 0. The molecule has 0 fully saturated rings. The fourth-order valence-electron chi connectivity index (χ4n) is 1.81.